The molecule has 0 saturated carbocycles. The second kappa shape index (κ2) is 9.11. The Balaban J connectivity index is 1.37. The summed E-state index contributed by atoms with van der Waals surface area (Å²) in [6, 6.07) is 21.5. The molecule has 0 saturated heterocycles. The van der Waals surface area contributed by atoms with E-state index in [0.717, 1.165) is 33.2 Å². The predicted molar refractivity (Wildman–Crippen MR) is 147 cm³/mol. The summed E-state index contributed by atoms with van der Waals surface area (Å²) < 4.78 is 3.10. The lowest BCUT2D eigenvalue weighted by Gasteiger charge is -2.11. The molecule has 2 N–H and O–H groups in total. The minimum absolute atomic E-state index is 0.183. The van der Waals surface area contributed by atoms with Gasteiger partial charge >= 0.3 is 0 Å². The van der Waals surface area contributed by atoms with E-state index in [0.29, 0.717) is 22.5 Å². The van der Waals surface area contributed by atoms with Gasteiger partial charge in [0.1, 0.15) is 11.2 Å². The molecule has 9 heteroatoms. The van der Waals surface area contributed by atoms with Crippen LogP contribution in [0.4, 0.5) is 5.82 Å². The van der Waals surface area contributed by atoms with E-state index in [1.165, 1.54) is 10.9 Å². The zero-order valence-corrected chi connectivity index (χ0v) is 21.2. The first-order valence-electron chi connectivity index (χ1n) is 12.3. The van der Waals surface area contributed by atoms with Crippen LogP contribution in [0.3, 0.4) is 0 Å². The Kier molecular flexibility index (Phi) is 5.60. The smallest absolute Gasteiger partial charge is 0.263 e. The van der Waals surface area contributed by atoms with Crippen LogP contribution in [0.2, 0.25) is 0 Å². The van der Waals surface area contributed by atoms with Crippen LogP contribution in [0.5, 0.6) is 0 Å². The van der Waals surface area contributed by atoms with Crippen molar-refractivity contribution >= 4 is 33.5 Å². The van der Waals surface area contributed by atoms with Crippen LogP contribution in [0.15, 0.2) is 77.7 Å². The highest BCUT2D eigenvalue weighted by Crippen LogP contribution is 2.23. The standard InChI is InChI=1S/C29H25N7O2/c1-17-8-6-13-24(19(17)3)35-27-23(16-30-35)28(38)33-29(32-27)36-25(14-18(2)34-36)31-26(37)15-21-11-7-10-20-9-4-5-12-22(20)21/h4-14,16H,15H2,1-3H3,(H,31,37)(H,32,33,38). The number of amides is 1. The fourth-order valence-electron chi connectivity index (χ4n) is 4.71. The van der Waals surface area contributed by atoms with E-state index < -0.39 is 0 Å². The van der Waals surface area contributed by atoms with Crippen molar-refractivity contribution in [2.45, 2.75) is 27.2 Å². The Bertz CT molecular complexity index is 1910. The van der Waals surface area contributed by atoms with Crippen LogP contribution in [0.25, 0.3) is 33.4 Å². The first kappa shape index (κ1) is 23.4. The highest BCUT2D eigenvalue weighted by Gasteiger charge is 2.18. The van der Waals surface area contributed by atoms with Gasteiger partial charge in [-0.3, -0.25) is 14.6 Å². The Morgan fingerprint density at radius 3 is 2.61 bits per heavy atom. The predicted octanol–water partition coefficient (Wildman–Crippen LogP) is 4.55. The number of carbonyl (C=O) groups is 1. The van der Waals surface area contributed by atoms with E-state index in [1.54, 1.807) is 10.7 Å². The van der Waals surface area contributed by atoms with Gasteiger partial charge in [0, 0.05) is 6.07 Å². The molecule has 1 amide bonds. The van der Waals surface area contributed by atoms with Crippen LogP contribution in [0.1, 0.15) is 22.4 Å². The maximum atomic E-state index is 13.1. The summed E-state index contributed by atoms with van der Waals surface area (Å²) in [5.41, 5.74) is 4.63. The number of aromatic nitrogens is 6. The van der Waals surface area contributed by atoms with Gasteiger partial charge in [0.2, 0.25) is 11.9 Å². The van der Waals surface area contributed by atoms with Crippen molar-refractivity contribution < 1.29 is 4.79 Å². The lowest BCUT2D eigenvalue weighted by Crippen LogP contribution is -2.20. The van der Waals surface area contributed by atoms with Crippen molar-refractivity contribution in [2.75, 3.05) is 5.32 Å². The van der Waals surface area contributed by atoms with E-state index in [2.05, 4.69) is 20.5 Å². The summed E-state index contributed by atoms with van der Waals surface area (Å²) in [4.78, 5) is 33.6. The van der Waals surface area contributed by atoms with Crippen molar-refractivity contribution in [1.29, 1.82) is 0 Å². The Hall–Kier alpha value is -5.05. The van der Waals surface area contributed by atoms with E-state index in [9.17, 15) is 9.59 Å². The molecular weight excluding hydrogens is 478 g/mol. The molecule has 6 rings (SSSR count). The molecule has 0 atom stereocenters. The average molecular weight is 504 g/mol. The molecule has 0 aliphatic rings. The molecule has 0 aliphatic carbocycles. The first-order chi connectivity index (χ1) is 18.4. The Labute approximate surface area is 217 Å². The van der Waals surface area contributed by atoms with Gasteiger partial charge in [-0.05, 0) is 54.3 Å². The topological polar surface area (TPSA) is 110 Å². The monoisotopic (exact) mass is 503 g/mol. The summed E-state index contributed by atoms with van der Waals surface area (Å²) in [7, 11) is 0. The molecule has 6 aromatic rings. The summed E-state index contributed by atoms with van der Waals surface area (Å²) in [5, 5.41) is 14.4. The van der Waals surface area contributed by atoms with Crippen LogP contribution in [-0.4, -0.2) is 35.4 Å². The third kappa shape index (κ3) is 4.03. The highest BCUT2D eigenvalue weighted by atomic mass is 16.1. The van der Waals surface area contributed by atoms with Crippen molar-refractivity contribution in [1.82, 2.24) is 29.5 Å². The maximum Gasteiger partial charge on any atom is 0.263 e. The second-order valence-corrected chi connectivity index (χ2v) is 9.35. The molecule has 0 spiro atoms. The van der Waals surface area contributed by atoms with E-state index in [4.69, 9.17) is 4.98 Å². The Morgan fingerprint density at radius 2 is 1.74 bits per heavy atom. The highest BCUT2D eigenvalue weighted by molar-refractivity contribution is 5.96. The van der Waals surface area contributed by atoms with Gasteiger partial charge in [0.05, 0.1) is 24.0 Å². The number of hydrogen-bond acceptors (Lipinski definition) is 5. The zero-order chi connectivity index (χ0) is 26.4. The lowest BCUT2D eigenvalue weighted by atomic mass is 10.0. The number of fused-ring (bicyclic) bond motifs is 2. The number of hydrogen-bond donors (Lipinski definition) is 2. The van der Waals surface area contributed by atoms with Crippen molar-refractivity contribution in [3.63, 3.8) is 0 Å². The van der Waals surface area contributed by atoms with E-state index >= 15 is 0 Å². The van der Waals surface area contributed by atoms with Gasteiger partial charge in [-0.2, -0.15) is 19.9 Å². The van der Waals surface area contributed by atoms with Crippen molar-refractivity contribution in [3.05, 3.63) is 106 Å². The summed E-state index contributed by atoms with van der Waals surface area (Å²) in [5.74, 6) is 0.391. The summed E-state index contributed by atoms with van der Waals surface area (Å²) >= 11 is 0. The number of carbonyl (C=O) groups excluding carboxylic acids is 1. The fraction of sp³-hybridized carbons (Fsp3) is 0.138. The molecule has 0 fully saturated rings. The summed E-state index contributed by atoms with van der Waals surface area (Å²) in [6.45, 7) is 5.84. The number of rotatable bonds is 5. The number of aromatic amines is 1. The van der Waals surface area contributed by atoms with Gasteiger partial charge in [-0.25, -0.2) is 4.68 Å². The minimum Gasteiger partial charge on any atom is -0.310 e. The van der Waals surface area contributed by atoms with E-state index in [-0.39, 0.29) is 23.8 Å². The molecule has 38 heavy (non-hydrogen) atoms. The van der Waals surface area contributed by atoms with E-state index in [1.807, 2.05) is 81.4 Å². The zero-order valence-electron chi connectivity index (χ0n) is 21.2. The van der Waals surface area contributed by atoms with Gasteiger partial charge in [0.15, 0.2) is 5.65 Å². The van der Waals surface area contributed by atoms with Gasteiger partial charge < -0.3 is 5.32 Å². The molecule has 9 nitrogen and oxygen atoms in total. The molecule has 0 unspecified atom stereocenters. The second-order valence-electron chi connectivity index (χ2n) is 9.35. The van der Waals surface area contributed by atoms with Crippen LogP contribution >= 0.6 is 0 Å². The van der Waals surface area contributed by atoms with Crippen molar-refractivity contribution in [3.8, 4) is 11.6 Å². The molecule has 3 aromatic carbocycles. The quantitative estimate of drug-likeness (QED) is 0.359. The number of nitrogens with one attached hydrogen (secondary N) is 2. The molecule has 3 heterocycles. The van der Waals surface area contributed by atoms with Gasteiger partial charge in [0.25, 0.3) is 5.56 Å². The minimum atomic E-state index is -0.345. The van der Waals surface area contributed by atoms with Crippen LogP contribution < -0.4 is 10.9 Å². The molecular formula is C29H25N7O2. The SMILES string of the molecule is Cc1cc(NC(=O)Cc2cccc3ccccc23)n(-c2nc3c(cnn3-c3cccc(C)c3C)c(=O)[nH]2)n1. The third-order valence-corrected chi connectivity index (χ3v) is 6.76. The van der Waals surface area contributed by atoms with Gasteiger partial charge in [-0.15, -0.1) is 0 Å². The molecule has 0 aliphatic heterocycles. The van der Waals surface area contributed by atoms with Crippen LogP contribution in [-0.2, 0) is 11.2 Å². The average Bonchev–Trinajstić information content (AvgIpc) is 3.49. The van der Waals surface area contributed by atoms with Crippen LogP contribution in [0, 0.1) is 20.8 Å². The van der Waals surface area contributed by atoms with Crippen molar-refractivity contribution in [2.24, 2.45) is 0 Å². The molecule has 3 aromatic heterocycles. The Morgan fingerprint density at radius 1 is 0.947 bits per heavy atom. The fourth-order valence-corrected chi connectivity index (χ4v) is 4.71. The summed E-state index contributed by atoms with van der Waals surface area (Å²) in [6.07, 6.45) is 1.70. The number of nitrogens with zero attached hydrogens (tertiary/aromatic N) is 5. The first-order valence-corrected chi connectivity index (χ1v) is 12.3. The number of anilines is 1. The number of benzene rings is 3. The lowest BCUT2D eigenvalue weighted by molar-refractivity contribution is -0.115. The maximum absolute atomic E-state index is 13.1. The van der Waals surface area contributed by atoms with Gasteiger partial charge in [-0.1, -0.05) is 54.6 Å². The number of aryl methyl sites for hydroxylation is 2. The normalized spacial score (nSPS) is 11.3. The molecule has 0 bridgehead atoms. The largest absolute Gasteiger partial charge is 0.310 e. The molecule has 188 valence electrons. The third-order valence-electron chi connectivity index (χ3n) is 6.76. The number of H-pyrrole nitrogens is 1. The molecule has 0 radical (unpaired) electrons.